The lowest BCUT2D eigenvalue weighted by Gasteiger charge is -2.06. The van der Waals surface area contributed by atoms with E-state index >= 15 is 0 Å². The lowest BCUT2D eigenvalue weighted by molar-refractivity contribution is -0.133. The van der Waals surface area contributed by atoms with Gasteiger partial charge < -0.3 is 16.2 Å². The van der Waals surface area contributed by atoms with Crippen molar-refractivity contribution >= 4 is 11.8 Å². The molecule has 1 unspecified atom stereocenters. The van der Waals surface area contributed by atoms with Crippen molar-refractivity contribution in [3.8, 4) is 0 Å². The average molecular weight is 160 g/mol. The maximum Gasteiger partial charge on any atom is 0.249 e. The van der Waals surface area contributed by atoms with Gasteiger partial charge in [-0.1, -0.05) is 0 Å². The first-order chi connectivity index (χ1) is 5.07. The van der Waals surface area contributed by atoms with Crippen molar-refractivity contribution < 1.29 is 14.7 Å². The number of hydrogen-bond acceptors (Lipinski definition) is 3. The second-order valence-electron chi connectivity index (χ2n) is 2.08. The van der Waals surface area contributed by atoms with Crippen molar-refractivity contribution in [1.82, 2.24) is 5.32 Å². The molecule has 64 valence electrons. The third kappa shape index (κ3) is 4.32. The molecule has 4 N–H and O–H groups in total. The number of carbonyl (C=O) groups excluding carboxylic acids is 2. The number of amides is 2. The SMILES string of the molecule is CCNC(=O)C(O)CC(N)=O. The van der Waals surface area contributed by atoms with Crippen molar-refractivity contribution in [1.29, 1.82) is 0 Å². The van der Waals surface area contributed by atoms with Crippen LogP contribution in [-0.4, -0.2) is 29.6 Å². The van der Waals surface area contributed by atoms with E-state index in [1.807, 2.05) is 0 Å². The zero-order valence-electron chi connectivity index (χ0n) is 6.33. The average Bonchev–Trinajstić information content (AvgIpc) is 1.86. The number of primary amides is 1. The van der Waals surface area contributed by atoms with Gasteiger partial charge in [0.25, 0.3) is 0 Å². The molecule has 0 spiro atoms. The van der Waals surface area contributed by atoms with E-state index in [2.05, 4.69) is 5.32 Å². The molecule has 0 aromatic rings. The quantitative estimate of drug-likeness (QED) is 0.460. The number of rotatable bonds is 4. The molecule has 2 amide bonds. The van der Waals surface area contributed by atoms with Crippen LogP contribution < -0.4 is 11.1 Å². The van der Waals surface area contributed by atoms with E-state index in [9.17, 15) is 9.59 Å². The van der Waals surface area contributed by atoms with Crippen molar-refractivity contribution in [2.24, 2.45) is 5.73 Å². The van der Waals surface area contributed by atoms with Crippen LogP contribution in [0.3, 0.4) is 0 Å². The van der Waals surface area contributed by atoms with Gasteiger partial charge in [0.1, 0.15) is 6.10 Å². The monoisotopic (exact) mass is 160 g/mol. The first-order valence-electron chi connectivity index (χ1n) is 3.32. The zero-order chi connectivity index (χ0) is 8.85. The molecule has 0 heterocycles. The normalized spacial score (nSPS) is 12.2. The van der Waals surface area contributed by atoms with Crippen LogP contribution in [0.5, 0.6) is 0 Å². The number of nitrogens with two attached hydrogens (primary N) is 1. The molecule has 0 aromatic carbocycles. The fourth-order valence-corrected chi connectivity index (χ4v) is 0.575. The standard InChI is InChI=1S/C6H12N2O3/c1-2-8-6(11)4(9)3-5(7)10/h4,9H,2-3H2,1H3,(H2,7,10)(H,8,11). The van der Waals surface area contributed by atoms with Gasteiger partial charge in [-0.05, 0) is 6.92 Å². The molecule has 0 rings (SSSR count). The van der Waals surface area contributed by atoms with Gasteiger partial charge in [0.2, 0.25) is 11.8 Å². The summed E-state index contributed by atoms with van der Waals surface area (Å²) >= 11 is 0. The van der Waals surface area contributed by atoms with E-state index < -0.39 is 17.9 Å². The van der Waals surface area contributed by atoms with Gasteiger partial charge in [-0.25, -0.2) is 0 Å². The van der Waals surface area contributed by atoms with E-state index in [-0.39, 0.29) is 6.42 Å². The summed E-state index contributed by atoms with van der Waals surface area (Å²) in [4.78, 5) is 20.9. The predicted octanol–water partition coefficient (Wildman–Crippen LogP) is -1.64. The number of nitrogens with one attached hydrogen (secondary N) is 1. The van der Waals surface area contributed by atoms with Crippen LogP contribution >= 0.6 is 0 Å². The van der Waals surface area contributed by atoms with Gasteiger partial charge in [-0.2, -0.15) is 0 Å². The van der Waals surface area contributed by atoms with Gasteiger partial charge in [-0.15, -0.1) is 0 Å². The number of likely N-dealkylation sites (N-methyl/N-ethyl adjacent to an activating group) is 1. The van der Waals surface area contributed by atoms with Crippen molar-refractivity contribution in [3.63, 3.8) is 0 Å². The van der Waals surface area contributed by atoms with E-state index in [1.54, 1.807) is 6.92 Å². The van der Waals surface area contributed by atoms with E-state index in [4.69, 9.17) is 10.8 Å². The minimum atomic E-state index is -1.31. The summed E-state index contributed by atoms with van der Waals surface area (Å²) in [6.07, 6.45) is -1.64. The minimum absolute atomic E-state index is 0.328. The summed E-state index contributed by atoms with van der Waals surface area (Å²) in [7, 11) is 0. The Kier molecular flexibility index (Phi) is 4.21. The molecule has 0 saturated carbocycles. The summed E-state index contributed by atoms with van der Waals surface area (Å²) in [5.41, 5.74) is 4.75. The highest BCUT2D eigenvalue weighted by Crippen LogP contribution is 1.89. The Balaban J connectivity index is 3.73. The highest BCUT2D eigenvalue weighted by atomic mass is 16.3. The number of hydrogen-bond donors (Lipinski definition) is 3. The number of carbonyl (C=O) groups is 2. The Labute approximate surface area is 64.6 Å². The molecule has 0 saturated heterocycles. The number of aliphatic hydroxyl groups excluding tert-OH is 1. The van der Waals surface area contributed by atoms with Crippen molar-refractivity contribution in [2.75, 3.05) is 6.54 Å². The van der Waals surface area contributed by atoms with Gasteiger partial charge >= 0.3 is 0 Å². The highest BCUT2D eigenvalue weighted by Gasteiger charge is 2.15. The summed E-state index contributed by atoms with van der Waals surface area (Å²) in [6.45, 7) is 2.14. The van der Waals surface area contributed by atoms with E-state index in [0.717, 1.165) is 0 Å². The van der Waals surface area contributed by atoms with E-state index in [0.29, 0.717) is 6.54 Å². The maximum atomic E-state index is 10.7. The smallest absolute Gasteiger partial charge is 0.249 e. The highest BCUT2D eigenvalue weighted by molar-refractivity contribution is 5.86. The van der Waals surface area contributed by atoms with Crippen LogP contribution in [0, 0.1) is 0 Å². The third-order valence-electron chi connectivity index (χ3n) is 1.05. The Bertz CT molecular complexity index is 158. The minimum Gasteiger partial charge on any atom is -0.383 e. The Morgan fingerprint density at radius 1 is 1.64 bits per heavy atom. The van der Waals surface area contributed by atoms with Crippen molar-refractivity contribution in [3.05, 3.63) is 0 Å². The van der Waals surface area contributed by atoms with Gasteiger partial charge in [-0.3, -0.25) is 9.59 Å². The predicted molar refractivity (Wildman–Crippen MR) is 38.5 cm³/mol. The molecule has 0 aromatic heterocycles. The fourth-order valence-electron chi connectivity index (χ4n) is 0.575. The Morgan fingerprint density at radius 2 is 2.18 bits per heavy atom. The summed E-state index contributed by atoms with van der Waals surface area (Å²) in [5.74, 6) is -1.25. The molecule has 0 aliphatic heterocycles. The van der Waals surface area contributed by atoms with Gasteiger partial charge in [0.05, 0.1) is 6.42 Å². The number of aliphatic hydroxyl groups is 1. The van der Waals surface area contributed by atoms with Crippen LogP contribution in [0.15, 0.2) is 0 Å². The van der Waals surface area contributed by atoms with Gasteiger partial charge in [0.15, 0.2) is 0 Å². The molecule has 11 heavy (non-hydrogen) atoms. The van der Waals surface area contributed by atoms with Gasteiger partial charge in [0, 0.05) is 6.54 Å². The first-order valence-corrected chi connectivity index (χ1v) is 3.32. The van der Waals surface area contributed by atoms with E-state index in [1.165, 1.54) is 0 Å². The van der Waals surface area contributed by atoms with Crippen LogP contribution in [0.2, 0.25) is 0 Å². The Hall–Kier alpha value is -1.10. The molecule has 0 aliphatic carbocycles. The molecule has 5 nitrogen and oxygen atoms in total. The second-order valence-corrected chi connectivity index (χ2v) is 2.08. The summed E-state index contributed by atoms with van der Waals surface area (Å²) < 4.78 is 0. The summed E-state index contributed by atoms with van der Waals surface area (Å²) in [5, 5.41) is 11.3. The molecule has 1 atom stereocenters. The lowest BCUT2D eigenvalue weighted by Crippen LogP contribution is -2.36. The third-order valence-corrected chi connectivity index (χ3v) is 1.05. The fraction of sp³-hybridized carbons (Fsp3) is 0.667. The largest absolute Gasteiger partial charge is 0.383 e. The molecule has 0 aliphatic rings. The molecule has 5 heteroatoms. The molecular weight excluding hydrogens is 148 g/mol. The van der Waals surface area contributed by atoms with Crippen LogP contribution in [0.1, 0.15) is 13.3 Å². The second kappa shape index (κ2) is 4.68. The lowest BCUT2D eigenvalue weighted by atomic mass is 10.2. The topological polar surface area (TPSA) is 92.4 Å². The zero-order valence-corrected chi connectivity index (χ0v) is 6.33. The van der Waals surface area contributed by atoms with Crippen molar-refractivity contribution in [2.45, 2.75) is 19.4 Å². The Morgan fingerprint density at radius 3 is 2.55 bits per heavy atom. The first kappa shape index (κ1) is 9.90. The van der Waals surface area contributed by atoms with Crippen LogP contribution in [0.4, 0.5) is 0 Å². The molecule has 0 radical (unpaired) electrons. The molecular formula is C6H12N2O3. The molecule has 0 fully saturated rings. The van der Waals surface area contributed by atoms with Crippen LogP contribution in [-0.2, 0) is 9.59 Å². The van der Waals surface area contributed by atoms with Crippen LogP contribution in [0.25, 0.3) is 0 Å². The molecule has 0 bridgehead atoms. The summed E-state index contributed by atoms with van der Waals surface area (Å²) in [6, 6.07) is 0. The maximum absolute atomic E-state index is 10.7.